The number of phenols is 1. The van der Waals surface area contributed by atoms with E-state index in [0.717, 1.165) is 31.8 Å². The van der Waals surface area contributed by atoms with Crippen molar-refractivity contribution >= 4 is 36.6 Å². The van der Waals surface area contributed by atoms with Gasteiger partial charge in [0.15, 0.2) is 0 Å². The van der Waals surface area contributed by atoms with Gasteiger partial charge in [-0.1, -0.05) is 5.57 Å². The van der Waals surface area contributed by atoms with E-state index < -0.39 is 5.51 Å². The zero-order chi connectivity index (χ0) is 17.0. The number of benzene rings is 1. The van der Waals surface area contributed by atoms with Crippen LogP contribution < -0.4 is 5.32 Å². The number of nitrogens with one attached hydrogen (secondary N) is 1. The molecule has 0 aromatic heterocycles. The standard InChI is InChI=1S/C16H21F3N2OS.2ClH/c1-11(2)9-14(21-7-5-20-6-8-21)13-10-12(3-4-15(13)22)23-16(17,18)19;;/h3-4,10,14,20,22H,1,5-9H2,2H3;2*1H/t14-;;/m0../s1. The van der Waals surface area contributed by atoms with Crippen LogP contribution in [0.2, 0.25) is 0 Å². The number of thioether (sulfide) groups is 1. The molecule has 1 aliphatic rings. The maximum atomic E-state index is 12.6. The Bertz CT molecular complexity index is 567. The van der Waals surface area contributed by atoms with Gasteiger partial charge in [0, 0.05) is 42.7 Å². The first-order valence-corrected chi connectivity index (χ1v) is 8.26. The van der Waals surface area contributed by atoms with Crippen LogP contribution in [0.15, 0.2) is 35.2 Å². The Morgan fingerprint density at radius 3 is 2.44 bits per heavy atom. The van der Waals surface area contributed by atoms with Crippen LogP contribution in [-0.4, -0.2) is 41.7 Å². The van der Waals surface area contributed by atoms with Gasteiger partial charge in [0.05, 0.1) is 0 Å². The van der Waals surface area contributed by atoms with E-state index in [1.165, 1.54) is 18.2 Å². The number of piperazine rings is 1. The molecular weight excluding hydrogens is 396 g/mol. The lowest BCUT2D eigenvalue weighted by atomic mass is 9.97. The normalized spacial score (nSPS) is 16.5. The number of rotatable bonds is 5. The first kappa shape index (κ1) is 24.4. The Hall–Kier alpha value is -0.600. The Balaban J connectivity index is 0.00000288. The van der Waals surface area contributed by atoms with Crippen molar-refractivity contribution < 1.29 is 18.3 Å². The van der Waals surface area contributed by atoms with Gasteiger partial charge >= 0.3 is 5.51 Å². The molecule has 144 valence electrons. The maximum Gasteiger partial charge on any atom is 0.446 e. The predicted molar refractivity (Wildman–Crippen MR) is 101 cm³/mol. The molecule has 2 N–H and O–H groups in total. The van der Waals surface area contributed by atoms with Crippen molar-refractivity contribution in [1.82, 2.24) is 10.2 Å². The number of nitrogens with zero attached hydrogens (tertiary/aromatic N) is 1. The van der Waals surface area contributed by atoms with Gasteiger partial charge in [-0.3, -0.25) is 4.90 Å². The van der Waals surface area contributed by atoms with Crippen molar-refractivity contribution in [3.63, 3.8) is 0 Å². The average Bonchev–Trinajstić information content (AvgIpc) is 2.46. The minimum atomic E-state index is -4.34. The van der Waals surface area contributed by atoms with Gasteiger partial charge in [-0.05, 0) is 43.3 Å². The molecular formula is C16H23Cl2F3N2OS. The lowest BCUT2D eigenvalue weighted by Crippen LogP contribution is -2.45. The number of alkyl halides is 3. The molecule has 25 heavy (non-hydrogen) atoms. The third-order valence-corrected chi connectivity index (χ3v) is 4.45. The molecule has 1 aromatic carbocycles. The Morgan fingerprint density at radius 2 is 1.92 bits per heavy atom. The highest BCUT2D eigenvalue weighted by molar-refractivity contribution is 8.00. The monoisotopic (exact) mass is 418 g/mol. The molecule has 1 fully saturated rings. The van der Waals surface area contributed by atoms with Crippen LogP contribution in [-0.2, 0) is 0 Å². The second kappa shape index (κ2) is 10.5. The molecule has 3 nitrogen and oxygen atoms in total. The quantitative estimate of drug-likeness (QED) is 0.533. The summed E-state index contributed by atoms with van der Waals surface area (Å²) in [5.74, 6) is 0.0290. The molecule has 9 heteroatoms. The molecule has 0 amide bonds. The second-order valence-corrected chi connectivity index (χ2v) is 6.87. The summed E-state index contributed by atoms with van der Waals surface area (Å²) < 4.78 is 37.8. The minimum Gasteiger partial charge on any atom is -0.508 e. The molecule has 1 heterocycles. The fourth-order valence-corrected chi connectivity index (χ4v) is 3.35. The van der Waals surface area contributed by atoms with Crippen LogP contribution in [0.1, 0.15) is 24.9 Å². The van der Waals surface area contributed by atoms with Crippen molar-refractivity contribution in [2.24, 2.45) is 0 Å². The molecule has 0 spiro atoms. The molecule has 2 rings (SSSR count). The van der Waals surface area contributed by atoms with Crippen LogP contribution in [0.25, 0.3) is 0 Å². The highest BCUT2D eigenvalue weighted by atomic mass is 35.5. The van der Waals surface area contributed by atoms with E-state index in [0.29, 0.717) is 12.0 Å². The largest absolute Gasteiger partial charge is 0.508 e. The molecule has 0 bridgehead atoms. The topological polar surface area (TPSA) is 35.5 Å². The van der Waals surface area contributed by atoms with E-state index >= 15 is 0 Å². The fraction of sp³-hybridized carbons (Fsp3) is 0.500. The van der Waals surface area contributed by atoms with Crippen molar-refractivity contribution in [3.8, 4) is 5.75 Å². The molecule has 0 aliphatic carbocycles. The highest BCUT2D eigenvalue weighted by Gasteiger charge is 2.31. The van der Waals surface area contributed by atoms with Crippen molar-refractivity contribution in [3.05, 3.63) is 35.9 Å². The Kier molecular flexibility index (Phi) is 10.3. The number of phenolic OH excluding ortho intramolecular Hbond substituents is 1. The average molecular weight is 419 g/mol. The highest BCUT2D eigenvalue weighted by Crippen LogP contribution is 2.41. The fourth-order valence-electron chi connectivity index (χ4n) is 2.76. The summed E-state index contributed by atoms with van der Waals surface area (Å²) in [6, 6.07) is 3.93. The van der Waals surface area contributed by atoms with Crippen LogP contribution in [0.4, 0.5) is 13.2 Å². The molecule has 0 radical (unpaired) electrons. The Morgan fingerprint density at radius 1 is 1.32 bits per heavy atom. The molecule has 1 saturated heterocycles. The maximum absolute atomic E-state index is 12.6. The summed E-state index contributed by atoms with van der Waals surface area (Å²) >= 11 is -0.158. The van der Waals surface area contributed by atoms with Gasteiger partial charge in [0.25, 0.3) is 0 Å². The third-order valence-electron chi connectivity index (χ3n) is 3.73. The second-order valence-electron chi connectivity index (χ2n) is 5.73. The predicted octanol–water partition coefficient (Wildman–Crippen LogP) is 4.76. The van der Waals surface area contributed by atoms with Crippen molar-refractivity contribution in [2.45, 2.75) is 29.8 Å². The summed E-state index contributed by atoms with van der Waals surface area (Å²) in [6.07, 6.45) is 0.605. The first-order chi connectivity index (χ1) is 10.8. The number of aromatic hydroxyl groups is 1. The van der Waals surface area contributed by atoms with Crippen LogP contribution >= 0.6 is 36.6 Å². The smallest absolute Gasteiger partial charge is 0.446 e. The SMILES string of the molecule is C=C(C)C[C@@H](c1cc(SC(F)(F)F)ccc1O)N1CCNCC1.Cl.Cl. The van der Waals surface area contributed by atoms with E-state index in [1.807, 2.05) is 6.92 Å². The Labute approximate surface area is 162 Å². The van der Waals surface area contributed by atoms with E-state index in [-0.39, 0.29) is 53.3 Å². The van der Waals surface area contributed by atoms with Gasteiger partial charge in [-0.15, -0.1) is 31.4 Å². The number of halogens is 5. The van der Waals surface area contributed by atoms with E-state index in [1.54, 1.807) is 0 Å². The number of hydrogen-bond acceptors (Lipinski definition) is 4. The minimum absolute atomic E-state index is 0. The molecule has 0 saturated carbocycles. The van der Waals surface area contributed by atoms with Gasteiger partial charge in [-0.25, -0.2) is 0 Å². The van der Waals surface area contributed by atoms with E-state index in [2.05, 4.69) is 16.8 Å². The zero-order valence-electron chi connectivity index (χ0n) is 13.8. The lowest BCUT2D eigenvalue weighted by Gasteiger charge is -2.36. The first-order valence-electron chi connectivity index (χ1n) is 7.44. The van der Waals surface area contributed by atoms with Crippen LogP contribution in [0.3, 0.4) is 0 Å². The van der Waals surface area contributed by atoms with Crippen molar-refractivity contribution in [2.75, 3.05) is 26.2 Å². The van der Waals surface area contributed by atoms with Gasteiger partial charge in [0.1, 0.15) is 5.75 Å². The summed E-state index contributed by atoms with van der Waals surface area (Å²) in [5, 5.41) is 13.4. The summed E-state index contributed by atoms with van der Waals surface area (Å²) in [7, 11) is 0. The molecule has 0 unspecified atom stereocenters. The molecule has 1 aromatic rings. The molecule has 1 aliphatic heterocycles. The van der Waals surface area contributed by atoms with Crippen molar-refractivity contribution in [1.29, 1.82) is 0 Å². The zero-order valence-corrected chi connectivity index (χ0v) is 16.3. The summed E-state index contributed by atoms with van der Waals surface area (Å²) in [4.78, 5) is 2.27. The number of hydrogen-bond donors (Lipinski definition) is 2. The van der Waals surface area contributed by atoms with Crippen LogP contribution in [0.5, 0.6) is 5.75 Å². The van der Waals surface area contributed by atoms with Gasteiger partial charge in [-0.2, -0.15) is 13.2 Å². The molecule has 1 atom stereocenters. The lowest BCUT2D eigenvalue weighted by molar-refractivity contribution is -0.0328. The third kappa shape index (κ3) is 7.66. The summed E-state index contributed by atoms with van der Waals surface area (Å²) in [5.41, 5.74) is -2.88. The van der Waals surface area contributed by atoms with Gasteiger partial charge < -0.3 is 10.4 Å². The van der Waals surface area contributed by atoms with Gasteiger partial charge in [0.2, 0.25) is 0 Å². The van der Waals surface area contributed by atoms with E-state index in [9.17, 15) is 18.3 Å². The van der Waals surface area contributed by atoms with E-state index in [4.69, 9.17) is 0 Å². The van der Waals surface area contributed by atoms with Crippen LogP contribution in [0, 0.1) is 0 Å². The summed E-state index contributed by atoms with van der Waals surface area (Å²) in [6.45, 7) is 9.03.